The van der Waals surface area contributed by atoms with Crippen LogP contribution in [0.4, 0.5) is 4.79 Å². The Bertz CT molecular complexity index is 311. The zero-order valence-corrected chi connectivity index (χ0v) is 8.63. The number of carbonyl (C=O) groups is 1. The van der Waals surface area contributed by atoms with Gasteiger partial charge >= 0.3 is 6.09 Å². The molecule has 0 fully saturated rings. The molecule has 1 amide bonds. The van der Waals surface area contributed by atoms with Gasteiger partial charge in [-0.15, -0.1) is 0 Å². The van der Waals surface area contributed by atoms with E-state index in [-0.39, 0.29) is 6.54 Å². The summed E-state index contributed by atoms with van der Waals surface area (Å²) in [5, 5.41) is 18.0. The van der Waals surface area contributed by atoms with E-state index in [1.807, 2.05) is 30.3 Å². The summed E-state index contributed by atoms with van der Waals surface area (Å²) in [5.41, 5.74) is 0.917. The van der Waals surface area contributed by atoms with Crippen molar-refractivity contribution in [2.24, 2.45) is 0 Å². The Morgan fingerprint density at radius 3 is 2.47 bits per heavy atom. The molecular formula is C11H15NO3. The highest BCUT2D eigenvalue weighted by Gasteiger charge is 2.13. The fourth-order valence-corrected chi connectivity index (χ4v) is 1.33. The second-order valence-corrected chi connectivity index (χ2v) is 3.50. The Kier molecular flexibility index (Phi) is 4.12. The average molecular weight is 209 g/mol. The Hall–Kier alpha value is -1.55. The molecule has 1 rings (SSSR count). The van der Waals surface area contributed by atoms with Crippen LogP contribution >= 0.6 is 0 Å². The van der Waals surface area contributed by atoms with Gasteiger partial charge in [0, 0.05) is 6.54 Å². The molecule has 0 aliphatic rings. The van der Waals surface area contributed by atoms with E-state index in [1.54, 1.807) is 6.92 Å². The molecule has 1 unspecified atom stereocenters. The van der Waals surface area contributed by atoms with Crippen molar-refractivity contribution in [3.05, 3.63) is 35.9 Å². The lowest BCUT2D eigenvalue weighted by atomic mass is 10.2. The second kappa shape index (κ2) is 5.36. The molecule has 2 N–H and O–H groups in total. The fourth-order valence-electron chi connectivity index (χ4n) is 1.33. The number of nitrogens with zero attached hydrogens (tertiary/aromatic N) is 1. The van der Waals surface area contributed by atoms with Gasteiger partial charge in [0.05, 0.1) is 12.6 Å². The largest absolute Gasteiger partial charge is 0.465 e. The lowest BCUT2D eigenvalue weighted by molar-refractivity contribution is 0.101. The van der Waals surface area contributed by atoms with Crippen molar-refractivity contribution < 1.29 is 15.0 Å². The molecule has 0 saturated carbocycles. The number of amides is 1. The Morgan fingerprint density at radius 2 is 2.00 bits per heavy atom. The zero-order valence-electron chi connectivity index (χ0n) is 8.63. The van der Waals surface area contributed by atoms with Gasteiger partial charge in [-0.2, -0.15) is 0 Å². The van der Waals surface area contributed by atoms with E-state index in [2.05, 4.69) is 0 Å². The van der Waals surface area contributed by atoms with Crippen LogP contribution in [-0.2, 0) is 6.54 Å². The second-order valence-electron chi connectivity index (χ2n) is 3.50. The molecule has 0 bridgehead atoms. The molecule has 0 saturated heterocycles. The first-order valence-corrected chi connectivity index (χ1v) is 4.79. The molecule has 0 aromatic heterocycles. The molecule has 1 atom stereocenters. The van der Waals surface area contributed by atoms with Gasteiger partial charge in [-0.3, -0.25) is 0 Å². The van der Waals surface area contributed by atoms with Crippen LogP contribution in [0.2, 0.25) is 0 Å². The van der Waals surface area contributed by atoms with E-state index in [1.165, 1.54) is 4.90 Å². The maximum absolute atomic E-state index is 10.9. The first-order valence-electron chi connectivity index (χ1n) is 4.79. The van der Waals surface area contributed by atoms with Crippen LogP contribution in [0.3, 0.4) is 0 Å². The third-order valence-corrected chi connectivity index (χ3v) is 1.97. The van der Waals surface area contributed by atoms with Crippen LogP contribution < -0.4 is 0 Å². The van der Waals surface area contributed by atoms with E-state index >= 15 is 0 Å². The van der Waals surface area contributed by atoms with Gasteiger partial charge in [0.25, 0.3) is 0 Å². The molecule has 0 spiro atoms. The van der Waals surface area contributed by atoms with Gasteiger partial charge in [-0.25, -0.2) is 4.79 Å². The van der Waals surface area contributed by atoms with Gasteiger partial charge in [0.1, 0.15) is 0 Å². The van der Waals surface area contributed by atoms with Crippen molar-refractivity contribution in [2.75, 3.05) is 6.54 Å². The molecule has 15 heavy (non-hydrogen) atoms. The third-order valence-electron chi connectivity index (χ3n) is 1.97. The van der Waals surface area contributed by atoms with Crippen LogP contribution in [0.5, 0.6) is 0 Å². The molecule has 0 heterocycles. The summed E-state index contributed by atoms with van der Waals surface area (Å²) in [5.74, 6) is 0. The predicted molar refractivity (Wildman–Crippen MR) is 56.6 cm³/mol. The molecule has 0 aliphatic carbocycles. The molecular weight excluding hydrogens is 194 g/mol. The van der Waals surface area contributed by atoms with Crippen molar-refractivity contribution in [1.29, 1.82) is 0 Å². The Balaban J connectivity index is 2.63. The molecule has 82 valence electrons. The van der Waals surface area contributed by atoms with E-state index in [4.69, 9.17) is 10.2 Å². The summed E-state index contributed by atoms with van der Waals surface area (Å²) in [6.45, 7) is 2.01. The molecule has 4 nitrogen and oxygen atoms in total. The molecule has 4 heteroatoms. The predicted octanol–water partition coefficient (Wildman–Crippen LogP) is 1.55. The first kappa shape index (κ1) is 11.5. The summed E-state index contributed by atoms with van der Waals surface area (Å²) < 4.78 is 0. The topological polar surface area (TPSA) is 60.8 Å². The fraction of sp³-hybridized carbons (Fsp3) is 0.364. The van der Waals surface area contributed by atoms with E-state index < -0.39 is 12.2 Å². The van der Waals surface area contributed by atoms with Crippen LogP contribution in [0.25, 0.3) is 0 Å². The van der Waals surface area contributed by atoms with Crippen LogP contribution in [0, 0.1) is 0 Å². The van der Waals surface area contributed by atoms with E-state index in [0.29, 0.717) is 6.54 Å². The standard InChI is InChI=1S/C11H15NO3/c1-9(13)7-12(11(14)15)8-10-5-3-2-4-6-10/h2-6,9,13H,7-8H2,1H3,(H,14,15). The third kappa shape index (κ3) is 3.99. The Morgan fingerprint density at radius 1 is 1.40 bits per heavy atom. The maximum Gasteiger partial charge on any atom is 0.407 e. The summed E-state index contributed by atoms with van der Waals surface area (Å²) in [6, 6.07) is 9.31. The minimum Gasteiger partial charge on any atom is -0.465 e. The highest BCUT2D eigenvalue weighted by molar-refractivity contribution is 5.65. The number of hydrogen-bond acceptors (Lipinski definition) is 2. The van der Waals surface area contributed by atoms with Crippen molar-refractivity contribution in [2.45, 2.75) is 19.6 Å². The summed E-state index contributed by atoms with van der Waals surface area (Å²) in [4.78, 5) is 12.0. The van der Waals surface area contributed by atoms with Crippen molar-refractivity contribution >= 4 is 6.09 Å². The quantitative estimate of drug-likeness (QED) is 0.790. The zero-order chi connectivity index (χ0) is 11.3. The monoisotopic (exact) mass is 209 g/mol. The number of aliphatic hydroxyl groups excluding tert-OH is 1. The number of hydrogen-bond donors (Lipinski definition) is 2. The average Bonchev–Trinajstić information content (AvgIpc) is 2.17. The van der Waals surface area contributed by atoms with E-state index in [0.717, 1.165) is 5.56 Å². The van der Waals surface area contributed by atoms with Crippen LogP contribution in [0.15, 0.2) is 30.3 Å². The summed E-state index contributed by atoms with van der Waals surface area (Å²) >= 11 is 0. The highest BCUT2D eigenvalue weighted by Crippen LogP contribution is 2.05. The lowest BCUT2D eigenvalue weighted by Crippen LogP contribution is -2.34. The number of rotatable bonds is 4. The molecule has 1 aromatic rings. The maximum atomic E-state index is 10.9. The summed E-state index contributed by atoms with van der Waals surface area (Å²) in [6.07, 6.45) is -1.66. The molecule has 1 aromatic carbocycles. The normalized spacial score (nSPS) is 12.1. The van der Waals surface area contributed by atoms with Crippen LogP contribution in [-0.4, -0.2) is 33.9 Å². The van der Waals surface area contributed by atoms with Gasteiger partial charge in [-0.05, 0) is 12.5 Å². The van der Waals surface area contributed by atoms with Gasteiger partial charge in [0.15, 0.2) is 0 Å². The van der Waals surface area contributed by atoms with Crippen LogP contribution in [0.1, 0.15) is 12.5 Å². The number of aliphatic hydroxyl groups is 1. The van der Waals surface area contributed by atoms with Crippen molar-refractivity contribution in [3.63, 3.8) is 0 Å². The summed E-state index contributed by atoms with van der Waals surface area (Å²) in [7, 11) is 0. The molecule has 0 radical (unpaired) electrons. The van der Waals surface area contributed by atoms with E-state index in [9.17, 15) is 4.79 Å². The van der Waals surface area contributed by atoms with Gasteiger partial charge in [0.2, 0.25) is 0 Å². The first-order chi connectivity index (χ1) is 7.09. The minimum atomic E-state index is -1.01. The number of benzene rings is 1. The SMILES string of the molecule is CC(O)CN(Cc1ccccc1)C(=O)O. The van der Waals surface area contributed by atoms with Gasteiger partial charge < -0.3 is 15.1 Å². The molecule has 0 aliphatic heterocycles. The minimum absolute atomic E-state index is 0.129. The lowest BCUT2D eigenvalue weighted by Gasteiger charge is -2.20. The van der Waals surface area contributed by atoms with Crippen molar-refractivity contribution in [3.8, 4) is 0 Å². The van der Waals surface area contributed by atoms with Gasteiger partial charge in [-0.1, -0.05) is 30.3 Å². The Labute approximate surface area is 88.8 Å². The number of carboxylic acid groups (broad SMARTS) is 1. The smallest absolute Gasteiger partial charge is 0.407 e. The highest BCUT2D eigenvalue weighted by atomic mass is 16.4. The van der Waals surface area contributed by atoms with Crippen molar-refractivity contribution in [1.82, 2.24) is 4.90 Å².